The first-order chi connectivity index (χ1) is 24.0. The van der Waals surface area contributed by atoms with Gasteiger partial charge in [0, 0.05) is 29.3 Å². The number of hydrogen-bond donors (Lipinski definition) is 2. The Morgan fingerprint density at radius 2 is 1.45 bits per heavy atom. The molecular weight excluding hydrogens is 620 g/mol. The van der Waals surface area contributed by atoms with E-state index in [2.05, 4.69) is 39.2 Å². The van der Waals surface area contributed by atoms with Crippen molar-refractivity contribution in [3.8, 4) is 0 Å². The van der Waals surface area contributed by atoms with Crippen LogP contribution in [0, 0.1) is 0 Å². The summed E-state index contributed by atoms with van der Waals surface area (Å²) < 4.78 is 18.5. The Morgan fingerprint density at radius 3 is 2.20 bits per heavy atom. The Kier molecular flexibility index (Phi) is 9.95. The number of benzene rings is 4. The van der Waals surface area contributed by atoms with Crippen molar-refractivity contribution >= 4 is 23.5 Å². The van der Waals surface area contributed by atoms with Crippen LogP contribution in [0.2, 0.25) is 0 Å². The molecule has 9 nitrogen and oxygen atoms in total. The highest BCUT2D eigenvalue weighted by atomic mass is 16.7. The Balaban J connectivity index is 1.19. The first-order valence-corrected chi connectivity index (χ1v) is 17.1. The average Bonchev–Trinajstić information content (AvgIpc) is 3.41. The van der Waals surface area contributed by atoms with Crippen molar-refractivity contribution in [2.24, 2.45) is 0 Å². The highest BCUT2D eigenvalue weighted by Crippen LogP contribution is 2.47. The first-order valence-electron chi connectivity index (χ1n) is 17.1. The van der Waals surface area contributed by atoms with Crippen LogP contribution in [-0.2, 0) is 20.8 Å². The molecule has 2 saturated heterocycles. The zero-order valence-electron chi connectivity index (χ0n) is 27.3. The summed E-state index contributed by atoms with van der Waals surface area (Å²) in [6, 6.07) is 30.0. The SMILES string of the molecule is O=C(Nc1cccc(C2O[C@H](CN3CCCCCCC3)[C@@H](c3ccccc3)[C@H](c3ccc(CO)cc3)O2)c1)c1ccc2c(c1)C(=O)OC2=O. The molecule has 252 valence electrons. The number of likely N-dealkylation sites (tertiary alicyclic amines) is 1. The van der Waals surface area contributed by atoms with E-state index in [1.54, 1.807) is 6.07 Å². The van der Waals surface area contributed by atoms with Gasteiger partial charge in [0.1, 0.15) is 0 Å². The van der Waals surface area contributed by atoms with Gasteiger partial charge in [0.25, 0.3) is 5.91 Å². The summed E-state index contributed by atoms with van der Waals surface area (Å²) in [6.45, 7) is 2.77. The van der Waals surface area contributed by atoms with E-state index in [-0.39, 0.29) is 41.4 Å². The molecule has 7 rings (SSSR count). The molecule has 2 fully saturated rings. The lowest BCUT2D eigenvalue weighted by Crippen LogP contribution is -2.45. The first kappa shape index (κ1) is 32.9. The van der Waals surface area contributed by atoms with Gasteiger partial charge in [0.05, 0.1) is 29.9 Å². The molecule has 4 atom stereocenters. The number of esters is 2. The molecule has 4 aromatic carbocycles. The number of carbonyl (C=O) groups excluding carboxylic acids is 3. The van der Waals surface area contributed by atoms with Crippen LogP contribution in [0.1, 0.15) is 104 Å². The molecule has 0 radical (unpaired) electrons. The van der Waals surface area contributed by atoms with Crippen molar-refractivity contribution < 1.29 is 33.7 Å². The number of carbonyl (C=O) groups is 3. The topological polar surface area (TPSA) is 114 Å². The molecule has 0 aliphatic carbocycles. The quantitative estimate of drug-likeness (QED) is 0.154. The van der Waals surface area contributed by atoms with Crippen molar-refractivity contribution in [1.29, 1.82) is 0 Å². The Morgan fingerprint density at radius 1 is 0.735 bits per heavy atom. The molecule has 1 amide bonds. The fourth-order valence-corrected chi connectivity index (χ4v) is 7.11. The molecule has 4 aromatic rings. The third-order valence-corrected chi connectivity index (χ3v) is 9.68. The van der Waals surface area contributed by atoms with E-state index < -0.39 is 24.1 Å². The minimum Gasteiger partial charge on any atom is -0.392 e. The standard InChI is InChI=1S/C40H40N2O7/c43-25-26-14-16-28(17-15-26)36-35(27-10-5-4-6-11-27)34(24-42-20-7-2-1-3-8-21-42)47-40(48-36)30-12-9-13-31(22-30)41-37(44)29-18-19-32-33(23-29)39(46)49-38(32)45/h4-6,9-19,22-23,34-36,40,43H,1-3,7-8,20-21,24-25H2,(H,41,44)/t34-,35-,36+,40?/m1/s1. The second-order valence-electron chi connectivity index (χ2n) is 13.0. The summed E-state index contributed by atoms with van der Waals surface area (Å²) in [5.74, 6) is -2.00. The maximum Gasteiger partial charge on any atom is 0.346 e. The van der Waals surface area contributed by atoms with Crippen LogP contribution >= 0.6 is 0 Å². The van der Waals surface area contributed by atoms with Crippen LogP contribution in [0.3, 0.4) is 0 Å². The largest absolute Gasteiger partial charge is 0.392 e. The van der Waals surface area contributed by atoms with Crippen molar-refractivity contribution in [2.75, 3.05) is 25.0 Å². The molecule has 0 spiro atoms. The molecule has 0 saturated carbocycles. The lowest BCUT2D eigenvalue weighted by molar-refractivity contribution is -0.263. The van der Waals surface area contributed by atoms with E-state index in [1.165, 1.54) is 37.5 Å². The van der Waals surface area contributed by atoms with Crippen molar-refractivity contribution in [1.82, 2.24) is 4.90 Å². The fourth-order valence-electron chi connectivity index (χ4n) is 7.11. The van der Waals surface area contributed by atoms with Gasteiger partial charge in [-0.1, -0.05) is 86.0 Å². The van der Waals surface area contributed by atoms with Gasteiger partial charge in [-0.2, -0.15) is 0 Å². The molecule has 0 aromatic heterocycles. The predicted molar refractivity (Wildman–Crippen MR) is 183 cm³/mol. The molecule has 0 bridgehead atoms. The third kappa shape index (κ3) is 7.35. The van der Waals surface area contributed by atoms with Gasteiger partial charge in [0.15, 0.2) is 6.29 Å². The van der Waals surface area contributed by atoms with Crippen LogP contribution in [0.15, 0.2) is 97.1 Å². The van der Waals surface area contributed by atoms with Gasteiger partial charge < -0.3 is 29.5 Å². The van der Waals surface area contributed by atoms with Crippen LogP contribution in [0.5, 0.6) is 0 Å². The van der Waals surface area contributed by atoms with Crippen molar-refractivity contribution in [3.05, 3.63) is 136 Å². The van der Waals surface area contributed by atoms with E-state index in [1.807, 2.05) is 48.5 Å². The summed E-state index contributed by atoms with van der Waals surface area (Å²) in [5.41, 5.74) is 4.69. The Bertz CT molecular complexity index is 1800. The number of fused-ring (bicyclic) bond motifs is 1. The molecular formula is C40H40N2O7. The lowest BCUT2D eigenvalue weighted by Gasteiger charge is -2.44. The van der Waals surface area contributed by atoms with Gasteiger partial charge in [-0.05, 0) is 73.0 Å². The highest BCUT2D eigenvalue weighted by molar-refractivity contribution is 6.16. The number of aliphatic hydroxyl groups excluding tert-OH is 1. The van der Waals surface area contributed by atoms with Crippen molar-refractivity contribution in [3.63, 3.8) is 0 Å². The summed E-state index contributed by atoms with van der Waals surface area (Å²) in [5, 5.41) is 12.6. The van der Waals surface area contributed by atoms with Gasteiger partial charge in [-0.15, -0.1) is 0 Å². The molecule has 3 heterocycles. The van der Waals surface area contributed by atoms with Gasteiger partial charge >= 0.3 is 11.9 Å². The number of nitrogens with zero attached hydrogens (tertiary/aromatic N) is 1. The lowest BCUT2D eigenvalue weighted by atomic mass is 9.83. The average molecular weight is 661 g/mol. The zero-order valence-corrected chi connectivity index (χ0v) is 27.3. The van der Waals surface area contributed by atoms with Gasteiger partial charge in [-0.25, -0.2) is 9.59 Å². The zero-order chi connectivity index (χ0) is 33.7. The third-order valence-electron chi connectivity index (χ3n) is 9.68. The van der Waals surface area contributed by atoms with Crippen LogP contribution < -0.4 is 5.32 Å². The highest BCUT2D eigenvalue weighted by Gasteiger charge is 2.42. The number of rotatable bonds is 8. The maximum atomic E-state index is 13.3. The number of amides is 1. The van der Waals surface area contributed by atoms with E-state index in [0.717, 1.165) is 54.7 Å². The molecule has 49 heavy (non-hydrogen) atoms. The number of hydrogen-bond acceptors (Lipinski definition) is 8. The molecule has 3 aliphatic rings. The summed E-state index contributed by atoms with van der Waals surface area (Å²) in [4.78, 5) is 39.7. The van der Waals surface area contributed by atoms with Gasteiger partial charge in [0.2, 0.25) is 0 Å². The normalized spacial score (nSPS) is 22.9. The van der Waals surface area contributed by atoms with E-state index in [9.17, 15) is 19.5 Å². The number of aliphatic hydroxyl groups is 1. The Hall–Kier alpha value is -4.67. The smallest absolute Gasteiger partial charge is 0.346 e. The summed E-state index contributed by atoms with van der Waals surface area (Å²) in [6.07, 6.45) is 4.82. The monoisotopic (exact) mass is 660 g/mol. The minimum absolute atomic E-state index is 0.0383. The van der Waals surface area contributed by atoms with Crippen LogP contribution in [0.25, 0.3) is 0 Å². The van der Waals surface area contributed by atoms with Crippen molar-refractivity contribution in [2.45, 2.75) is 63.1 Å². The molecule has 1 unspecified atom stereocenters. The number of anilines is 1. The molecule has 9 heteroatoms. The summed E-state index contributed by atoms with van der Waals surface area (Å²) >= 11 is 0. The molecule has 3 aliphatic heterocycles. The molecule has 2 N–H and O–H groups in total. The number of cyclic esters (lactones) is 2. The second-order valence-corrected chi connectivity index (χ2v) is 13.0. The second kappa shape index (κ2) is 14.8. The number of nitrogens with one attached hydrogen (secondary N) is 1. The van der Waals surface area contributed by atoms with Gasteiger partial charge in [-0.3, -0.25) is 4.79 Å². The maximum absolute atomic E-state index is 13.3. The van der Waals surface area contributed by atoms with Crippen LogP contribution in [-0.4, -0.2) is 53.6 Å². The van der Waals surface area contributed by atoms with Crippen LogP contribution in [0.4, 0.5) is 5.69 Å². The van der Waals surface area contributed by atoms with E-state index >= 15 is 0 Å². The van der Waals surface area contributed by atoms with E-state index in [0.29, 0.717) is 5.69 Å². The number of ether oxygens (including phenoxy) is 3. The fraction of sp³-hybridized carbons (Fsp3) is 0.325. The summed E-state index contributed by atoms with van der Waals surface area (Å²) in [7, 11) is 0. The Labute approximate surface area is 285 Å². The minimum atomic E-state index is -0.761. The van der Waals surface area contributed by atoms with E-state index in [4.69, 9.17) is 9.47 Å². The predicted octanol–water partition coefficient (Wildman–Crippen LogP) is 6.95.